The zero-order chi connectivity index (χ0) is 31.1. The van der Waals surface area contributed by atoms with Crippen LogP contribution in [0.5, 0.6) is 0 Å². The van der Waals surface area contributed by atoms with Crippen LogP contribution in [0.3, 0.4) is 0 Å². The molecule has 13 heteroatoms. The molecule has 4 N–H and O–H groups in total. The molecular formula is C30H39FN4O7S. The van der Waals surface area contributed by atoms with E-state index in [0.717, 1.165) is 35.7 Å². The number of ether oxygens (including phenoxy) is 1. The largest absolute Gasteiger partial charge is 0.483 e. The van der Waals surface area contributed by atoms with Crippen molar-refractivity contribution in [2.75, 3.05) is 36.9 Å². The van der Waals surface area contributed by atoms with Gasteiger partial charge in [0.05, 0.1) is 29.1 Å². The Morgan fingerprint density at radius 2 is 1.95 bits per heavy atom. The summed E-state index contributed by atoms with van der Waals surface area (Å²) in [5.41, 5.74) is 3.20. The summed E-state index contributed by atoms with van der Waals surface area (Å²) in [4.78, 5) is 22.1. The highest BCUT2D eigenvalue weighted by molar-refractivity contribution is 7.92. The topological polar surface area (TPSA) is 150 Å². The minimum Gasteiger partial charge on any atom is -0.483 e. The molecule has 1 amide bonds. The number of anilines is 1. The average molecular weight is 619 g/mol. The van der Waals surface area contributed by atoms with E-state index in [1.54, 1.807) is 24.3 Å². The van der Waals surface area contributed by atoms with Gasteiger partial charge in [0.15, 0.2) is 0 Å². The number of aromatic nitrogens is 1. The SMILES string of the molecule is CCc1cn2c3c(cc(C(=O)N[C@@H](Cc4cccc(F)c4)[C@H](O)CNC4CCOCC4)cc13)N(C)S(=O)(=O)CC2.O=CO. The predicted molar refractivity (Wildman–Crippen MR) is 161 cm³/mol. The Kier molecular flexibility index (Phi) is 10.8. The van der Waals surface area contributed by atoms with E-state index < -0.39 is 28.1 Å². The number of rotatable bonds is 9. The summed E-state index contributed by atoms with van der Waals surface area (Å²) in [7, 11) is -2.04. The van der Waals surface area contributed by atoms with Gasteiger partial charge in [0.25, 0.3) is 12.4 Å². The van der Waals surface area contributed by atoms with Gasteiger partial charge in [0, 0.05) is 56.5 Å². The summed E-state index contributed by atoms with van der Waals surface area (Å²) >= 11 is 0. The Balaban J connectivity index is 0.00000135. The highest BCUT2D eigenvalue weighted by Gasteiger charge is 2.29. The fraction of sp³-hybridized carbons (Fsp3) is 0.467. The third-order valence-electron chi connectivity index (χ3n) is 7.99. The number of benzene rings is 2. The Morgan fingerprint density at radius 3 is 2.63 bits per heavy atom. The van der Waals surface area contributed by atoms with E-state index in [0.29, 0.717) is 36.6 Å². The number of amides is 1. The van der Waals surface area contributed by atoms with Crippen LogP contribution >= 0.6 is 0 Å². The highest BCUT2D eigenvalue weighted by Crippen LogP contribution is 2.35. The molecule has 11 nitrogen and oxygen atoms in total. The molecule has 0 aliphatic carbocycles. The van der Waals surface area contributed by atoms with Crippen LogP contribution < -0.4 is 14.9 Å². The van der Waals surface area contributed by atoms with Crippen LogP contribution in [0, 0.1) is 5.82 Å². The van der Waals surface area contributed by atoms with Gasteiger partial charge in [0.1, 0.15) is 5.82 Å². The van der Waals surface area contributed by atoms with Crippen LogP contribution in [0.25, 0.3) is 10.9 Å². The first-order chi connectivity index (χ1) is 20.6. The lowest BCUT2D eigenvalue weighted by molar-refractivity contribution is -0.122. The molecule has 0 bridgehead atoms. The summed E-state index contributed by atoms with van der Waals surface area (Å²) in [6.45, 7) is 3.68. The molecule has 0 spiro atoms. The second-order valence-corrected chi connectivity index (χ2v) is 12.9. The van der Waals surface area contributed by atoms with Gasteiger partial charge in [-0.05, 0) is 61.1 Å². The second-order valence-electron chi connectivity index (χ2n) is 10.8. The van der Waals surface area contributed by atoms with Crippen molar-refractivity contribution in [1.82, 2.24) is 15.2 Å². The molecule has 234 valence electrons. The molecule has 2 aliphatic heterocycles. The number of carboxylic acid groups (broad SMARTS) is 1. The Morgan fingerprint density at radius 1 is 1.23 bits per heavy atom. The van der Waals surface area contributed by atoms with Crippen molar-refractivity contribution >= 4 is 39.0 Å². The minimum atomic E-state index is -3.56. The van der Waals surface area contributed by atoms with Crippen molar-refractivity contribution in [3.63, 3.8) is 0 Å². The van der Waals surface area contributed by atoms with E-state index in [-0.39, 0.29) is 37.0 Å². The van der Waals surface area contributed by atoms with Crippen LogP contribution in [-0.2, 0) is 38.9 Å². The number of hydrogen-bond donors (Lipinski definition) is 4. The molecule has 3 aromatic rings. The van der Waals surface area contributed by atoms with Gasteiger partial charge in [0.2, 0.25) is 10.0 Å². The lowest BCUT2D eigenvalue weighted by atomic mass is 9.99. The summed E-state index contributed by atoms with van der Waals surface area (Å²) < 4.78 is 48.3. The third-order valence-corrected chi connectivity index (χ3v) is 9.72. The molecule has 1 fully saturated rings. The molecule has 2 atom stereocenters. The first-order valence-electron chi connectivity index (χ1n) is 14.3. The predicted octanol–water partition coefficient (Wildman–Crippen LogP) is 2.29. The molecular weight excluding hydrogens is 579 g/mol. The van der Waals surface area contributed by atoms with Crippen molar-refractivity contribution in [3.8, 4) is 0 Å². The van der Waals surface area contributed by atoms with Gasteiger partial charge in [-0.2, -0.15) is 0 Å². The Hall–Kier alpha value is -3.52. The van der Waals surface area contributed by atoms with Crippen molar-refractivity contribution in [2.45, 2.75) is 57.3 Å². The Bertz CT molecular complexity index is 1540. The fourth-order valence-electron chi connectivity index (χ4n) is 5.60. The number of carbonyl (C=O) groups is 2. The summed E-state index contributed by atoms with van der Waals surface area (Å²) in [6.07, 6.45) is 3.64. The lowest BCUT2D eigenvalue weighted by Crippen LogP contribution is -2.50. The number of nitrogens with zero attached hydrogens (tertiary/aromatic N) is 2. The van der Waals surface area contributed by atoms with Crippen molar-refractivity contribution in [2.24, 2.45) is 0 Å². The zero-order valence-corrected chi connectivity index (χ0v) is 25.1. The lowest BCUT2D eigenvalue weighted by Gasteiger charge is -2.28. The van der Waals surface area contributed by atoms with Crippen LogP contribution in [0.15, 0.2) is 42.6 Å². The Labute approximate surface area is 250 Å². The van der Waals surface area contributed by atoms with Gasteiger partial charge in [-0.1, -0.05) is 19.1 Å². The number of halogens is 1. The summed E-state index contributed by atoms with van der Waals surface area (Å²) in [5.74, 6) is -0.859. The number of sulfonamides is 1. The molecule has 2 aliphatic rings. The average Bonchev–Trinajstić information content (AvgIpc) is 3.32. The van der Waals surface area contributed by atoms with Gasteiger partial charge >= 0.3 is 0 Å². The molecule has 3 heterocycles. The van der Waals surface area contributed by atoms with E-state index in [9.17, 15) is 22.7 Å². The van der Waals surface area contributed by atoms with Crippen LogP contribution in [0.1, 0.15) is 41.3 Å². The third kappa shape index (κ3) is 7.71. The second kappa shape index (κ2) is 14.3. The molecule has 43 heavy (non-hydrogen) atoms. The van der Waals surface area contributed by atoms with E-state index in [2.05, 4.69) is 10.6 Å². The van der Waals surface area contributed by atoms with Gasteiger partial charge in [-0.25, -0.2) is 12.8 Å². The maximum Gasteiger partial charge on any atom is 0.290 e. The van der Waals surface area contributed by atoms with Crippen molar-refractivity contribution in [1.29, 1.82) is 0 Å². The van der Waals surface area contributed by atoms with E-state index in [1.165, 1.54) is 23.5 Å². The molecule has 1 saturated heterocycles. The molecule has 0 saturated carbocycles. The molecule has 0 radical (unpaired) electrons. The number of aryl methyl sites for hydroxylation is 2. The first kappa shape index (κ1) is 32.4. The minimum absolute atomic E-state index is 0.0331. The van der Waals surface area contributed by atoms with Crippen molar-refractivity contribution < 1.29 is 37.3 Å². The van der Waals surface area contributed by atoms with Crippen LogP contribution in [-0.4, -0.2) is 86.3 Å². The van der Waals surface area contributed by atoms with E-state index in [1.807, 2.05) is 17.7 Å². The monoisotopic (exact) mass is 618 g/mol. The fourth-order valence-corrected chi connectivity index (χ4v) is 6.74. The summed E-state index contributed by atoms with van der Waals surface area (Å²) in [5, 5.41) is 25.2. The first-order valence-corrected chi connectivity index (χ1v) is 15.9. The molecule has 1 aromatic heterocycles. The molecule has 2 aromatic carbocycles. The molecule has 5 rings (SSSR count). The maximum absolute atomic E-state index is 14.0. The van der Waals surface area contributed by atoms with Crippen LogP contribution in [0.4, 0.5) is 10.1 Å². The number of nitrogens with one attached hydrogen (secondary N) is 2. The van der Waals surface area contributed by atoms with Crippen LogP contribution in [0.2, 0.25) is 0 Å². The highest BCUT2D eigenvalue weighted by atomic mass is 32.2. The van der Waals surface area contributed by atoms with Gasteiger partial charge in [-0.3, -0.25) is 13.9 Å². The smallest absolute Gasteiger partial charge is 0.290 e. The zero-order valence-electron chi connectivity index (χ0n) is 24.3. The number of aliphatic hydroxyl groups excluding tert-OH is 1. The van der Waals surface area contributed by atoms with Crippen molar-refractivity contribution in [3.05, 3.63) is 65.1 Å². The quantitative estimate of drug-likeness (QED) is 0.267. The number of hydrogen-bond acceptors (Lipinski definition) is 7. The van der Waals surface area contributed by atoms with E-state index in [4.69, 9.17) is 14.6 Å². The number of carbonyl (C=O) groups excluding carboxylic acids is 1. The normalized spacial score (nSPS) is 17.8. The van der Waals surface area contributed by atoms with E-state index >= 15 is 0 Å². The summed E-state index contributed by atoms with van der Waals surface area (Å²) in [6, 6.07) is 9.00. The van der Waals surface area contributed by atoms with Gasteiger partial charge < -0.3 is 30.2 Å². The number of aliphatic hydroxyl groups is 1. The standard InChI is InChI=1S/C29H37FN4O5S.CH2O2/c1-3-20-18-34-9-12-40(37,38)33(2)26-16-21(15-24(20)28(26)34)29(36)32-25(14-19-5-4-6-22(30)13-19)27(35)17-31-23-7-10-39-11-8-23;2-1-3/h4-6,13,15-16,18,23,25,27,31,35H,3,7-12,14,17H2,1-2H3,(H,32,36);1H,(H,2,3)/t25-,27+;/m0./s1. The van der Waals surface area contributed by atoms with Gasteiger partial charge in [-0.15, -0.1) is 0 Å². The molecule has 0 unspecified atom stereocenters. The maximum atomic E-state index is 14.0.